The van der Waals surface area contributed by atoms with Crippen molar-refractivity contribution in [2.24, 2.45) is 0 Å². The summed E-state index contributed by atoms with van der Waals surface area (Å²) in [4.78, 5) is 25.2. The number of carbonyl (C=O) groups is 1. The van der Waals surface area contributed by atoms with E-state index in [1.165, 1.54) is 6.20 Å². The summed E-state index contributed by atoms with van der Waals surface area (Å²) in [6, 6.07) is 9.11. The number of benzene rings is 2. The van der Waals surface area contributed by atoms with Crippen LogP contribution in [0.5, 0.6) is 5.75 Å². The topological polar surface area (TPSA) is 83.5 Å². The lowest BCUT2D eigenvalue weighted by Crippen LogP contribution is -2.30. The molecule has 0 unspecified atom stereocenters. The number of rotatable bonds is 4. The fourth-order valence-electron chi connectivity index (χ4n) is 3.62. The summed E-state index contributed by atoms with van der Waals surface area (Å²) in [6.45, 7) is 1.70. The molecular weight excluding hydrogens is 382 g/mol. The fourth-order valence-corrected chi connectivity index (χ4v) is 3.62. The summed E-state index contributed by atoms with van der Waals surface area (Å²) in [7, 11) is 0. The molecule has 1 aromatic heterocycles. The maximum Gasteiger partial charge on any atom is 0.343 e. The third-order valence-electron chi connectivity index (χ3n) is 4.97. The smallest absolute Gasteiger partial charge is 0.343 e. The van der Waals surface area contributed by atoms with Crippen LogP contribution in [-0.4, -0.2) is 23.8 Å². The molecule has 2 N–H and O–H groups in total. The molecule has 150 valence electrons. The van der Waals surface area contributed by atoms with Crippen molar-refractivity contribution in [1.29, 1.82) is 0 Å². The van der Waals surface area contributed by atoms with Crippen LogP contribution >= 0.6 is 0 Å². The van der Waals surface area contributed by atoms with Crippen molar-refractivity contribution < 1.29 is 23.0 Å². The minimum absolute atomic E-state index is 0.0302. The second-order valence-corrected chi connectivity index (χ2v) is 6.75. The van der Waals surface area contributed by atoms with Crippen molar-refractivity contribution in [3.05, 3.63) is 69.5 Å². The maximum atomic E-state index is 14.5. The van der Waals surface area contributed by atoms with E-state index in [-0.39, 0.29) is 41.5 Å². The van der Waals surface area contributed by atoms with E-state index in [1.54, 1.807) is 11.5 Å². The van der Waals surface area contributed by atoms with Gasteiger partial charge < -0.3 is 19.8 Å². The van der Waals surface area contributed by atoms with E-state index in [0.29, 0.717) is 6.42 Å². The molecule has 1 aliphatic heterocycles. The van der Waals surface area contributed by atoms with E-state index >= 15 is 0 Å². The average molecular weight is 400 g/mol. The highest BCUT2D eigenvalue weighted by atomic mass is 19.2. The third kappa shape index (κ3) is 3.00. The molecule has 0 radical (unpaired) electrons. The van der Waals surface area contributed by atoms with Crippen LogP contribution < -0.4 is 15.9 Å². The van der Waals surface area contributed by atoms with E-state index in [9.17, 15) is 18.4 Å². The van der Waals surface area contributed by atoms with Gasteiger partial charge in [0.2, 0.25) is 11.2 Å². The number of esters is 1. The largest absolute Gasteiger partial charge is 0.486 e. The van der Waals surface area contributed by atoms with E-state index in [1.807, 2.05) is 30.3 Å². The Balaban J connectivity index is 2.00. The number of ether oxygens (including phenoxy) is 2. The highest BCUT2D eigenvalue weighted by Gasteiger charge is 2.32. The molecule has 0 bridgehead atoms. The van der Waals surface area contributed by atoms with Crippen LogP contribution in [0, 0.1) is 11.6 Å². The standard InChI is InChI=1S/C21H18F2N2O4/c1-2-28-21(27)13-9-25-12(8-11-6-4-3-5-7-11)10-29-20-16(23)15(22)17(24)14(18(20)25)19(13)26/h3-7,9,12H,2,8,10,24H2,1H3/t12-/m0/s1. The van der Waals surface area contributed by atoms with E-state index in [0.717, 1.165) is 5.56 Å². The Morgan fingerprint density at radius 3 is 2.69 bits per heavy atom. The number of pyridine rings is 1. The first-order valence-corrected chi connectivity index (χ1v) is 9.13. The number of hydrogen-bond acceptors (Lipinski definition) is 5. The van der Waals surface area contributed by atoms with Crippen molar-refractivity contribution in [1.82, 2.24) is 4.57 Å². The molecule has 0 aliphatic carbocycles. The van der Waals surface area contributed by atoms with Gasteiger partial charge in [-0.05, 0) is 18.9 Å². The lowest BCUT2D eigenvalue weighted by atomic mass is 10.0. The lowest BCUT2D eigenvalue weighted by Gasteiger charge is -2.30. The number of nitrogens with two attached hydrogens (primary N) is 1. The summed E-state index contributed by atoms with van der Waals surface area (Å²) in [6.07, 6.45) is 1.80. The highest BCUT2D eigenvalue weighted by Crippen LogP contribution is 2.39. The zero-order chi connectivity index (χ0) is 20.7. The molecule has 6 nitrogen and oxygen atoms in total. The van der Waals surface area contributed by atoms with E-state index < -0.39 is 28.7 Å². The molecule has 0 amide bonds. The summed E-state index contributed by atoms with van der Waals surface area (Å²) < 4.78 is 40.8. The molecule has 1 aliphatic rings. The first-order chi connectivity index (χ1) is 13.9. The Kier molecular flexibility index (Phi) is 4.70. The SMILES string of the molecule is CCOC(=O)c1cn2c3c(c(F)c(F)c(N)c3c1=O)OC[C@@H]2Cc1ccccc1. The Morgan fingerprint density at radius 1 is 1.28 bits per heavy atom. The number of carbonyl (C=O) groups excluding carboxylic acids is 1. The van der Waals surface area contributed by atoms with Crippen LogP contribution in [-0.2, 0) is 11.2 Å². The van der Waals surface area contributed by atoms with Crippen LogP contribution in [0.4, 0.5) is 14.5 Å². The number of nitrogens with zero attached hydrogens (tertiary/aromatic N) is 1. The summed E-state index contributed by atoms with van der Waals surface area (Å²) in [5, 5.41) is -0.290. The minimum atomic E-state index is -1.38. The molecule has 3 aromatic rings. The van der Waals surface area contributed by atoms with Gasteiger partial charge in [0, 0.05) is 6.20 Å². The van der Waals surface area contributed by atoms with Gasteiger partial charge in [0.15, 0.2) is 11.6 Å². The predicted octanol–water partition coefficient (Wildman–Crippen LogP) is 3.21. The van der Waals surface area contributed by atoms with E-state index in [2.05, 4.69) is 0 Å². The Labute approximate surface area is 164 Å². The molecule has 2 heterocycles. The molecule has 8 heteroatoms. The third-order valence-corrected chi connectivity index (χ3v) is 4.97. The van der Waals surface area contributed by atoms with Gasteiger partial charge in [-0.3, -0.25) is 4.79 Å². The summed E-state index contributed by atoms with van der Waals surface area (Å²) in [5.74, 6) is -3.87. The van der Waals surface area contributed by atoms with Gasteiger partial charge >= 0.3 is 5.97 Å². The maximum absolute atomic E-state index is 14.5. The summed E-state index contributed by atoms with van der Waals surface area (Å²) in [5.41, 5.74) is 4.98. The monoisotopic (exact) mass is 400 g/mol. The van der Waals surface area contributed by atoms with Crippen LogP contribution in [0.25, 0.3) is 10.9 Å². The minimum Gasteiger partial charge on any atom is -0.486 e. The van der Waals surface area contributed by atoms with Gasteiger partial charge in [0.1, 0.15) is 17.7 Å². The molecule has 0 saturated heterocycles. The Hall–Kier alpha value is -3.42. The fraction of sp³-hybridized carbons (Fsp3) is 0.238. The molecule has 4 rings (SSSR count). The first-order valence-electron chi connectivity index (χ1n) is 9.13. The highest BCUT2D eigenvalue weighted by molar-refractivity contribution is 6.00. The van der Waals surface area contributed by atoms with Crippen LogP contribution in [0.15, 0.2) is 41.3 Å². The molecule has 0 spiro atoms. The number of nitrogen functional groups attached to an aromatic ring is 1. The quantitative estimate of drug-likeness (QED) is 0.537. The summed E-state index contributed by atoms with van der Waals surface area (Å²) >= 11 is 0. The molecule has 0 saturated carbocycles. The van der Waals surface area contributed by atoms with Crippen molar-refractivity contribution in [3.63, 3.8) is 0 Å². The van der Waals surface area contributed by atoms with Gasteiger partial charge in [-0.15, -0.1) is 0 Å². The van der Waals surface area contributed by atoms with Crippen LogP contribution in [0.1, 0.15) is 28.9 Å². The van der Waals surface area contributed by atoms with Crippen LogP contribution in [0.2, 0.25) is 0 Å². The van der Waals surface area contributed by atoms with Gasteiger partial charge in [-0.1, -0.05) is 30.3 Å². The van der Waals surface area contributed by atoms with Crippen molar-refractivity contribution in [3.8, 4) is 5.75 Å². The zero-order valence-electron chi connectivity index (χ0n) is 15.6. The second-order valence-electron chi connectivity index (χ2n) is 6.75. The molecule has 29 heavy (non-hydrogen) atoms. The molecule has 1 atom stereocenters. The van der Waals surface area contributed by atoms with Gasteiger partial charge in [0.25, 0.3) is 0 Å². The van der Waals surface area contributed by atoms with Gasteiger partial charge in [0.05, 0.1) is 23.7 Å². The Bertz CT molecular complexity index is 1180. The Morgan fingerprint density at radius 2 is 2.00 bits per heavy atom. The van der Waals surface area contributed by atoms with Crippen molar-refractivity contribution >= 4 is 22.6 Å². The number of halogens is 2. The van der Waals surface area contributed by atoms with Crippen molar-refractivity contribution in [2.75, 3.05) is 18.9 Å². The zero-order valence-corrected chi connectivity index (χ0v) is 15.6. The number of anilines is 1. The van der Waals surface area contributed by atoms with Gasteiger partial charge in [-0.2, -0.15) is 4.39 Å². The average Bonchev–Trinajstić information content (AvgIpc) is 2.72. The second kappa shape index (κ2) is 7.20. The predicted molar refractivity (Wildman–Crippen MR) is 103 cm³/mol. The van der Waals surface area contributed by atoms with E-state index in [4.69, 9.17) is 15.2 Å². The normalized spacial score (nSPS) is 15.2. The number of hydrogen-bond donors (Lipinski definition) is 1. The molecular formula is C21H18F2N2O4. The van der Waals surface area contributed by atoms with Crippen molar-refractivity contribution in [2.45, 2.75) is 19.4 Å². The number of aromatic nitrogens is 1. The first kappa shape index (κ1) is 18.9. The van der Waals surface area contributed by atoms with Gasteiger partial charge in [-0.25, -0.2) is 9.18 Å². The van der Waals surface area contributed by atoms with Crippen LogP contribution in [0.3, 0.4) is 0 Å². The molecule has 2 aromatic carbocycles. The molecule has 0 fully saturated rings. The lowest BCUT2D eigenvalue weighted by molar-refractivity contribution is 0.0523.